The number of hydrogen-bond donors (Lipinski definition) is 1. The summed E-state index contributed by atoms with van der Waals surface area (Å²) in [6, 6.07) is 0. The molecular formula is C21H40N2. The van der Waals surface area contributed by atoms with Crippen molar-refractivity contribution in [2.75, 3.05) is 0 Å². The molecule has 0 radical (unpaired) electrons. The minimum Gasteiger partial charge on any atom is -0.345 e. The Balaban J connectivity index is 3.26. The van der Waals surface area contributed by atoms with E-state index in [9.17, 15) is 0 Å². The fourth-order valence-electron chi connectivity index (χ4n) is 3.35. The second kappa shape index (κ2) is 8.35. The van der Waals surface area contributed by atoms with Gasteiger partial charge in [-0.2, -0.15) is 0 Å². The van der Waals surface area contributed by atoms with Gasteiger partial charge in [-0.1, -0.05) is 74.7 Å². The predicted molar refractivity (Wildman–Crippen MR) is 102 cm³/mol. The summed E-state index contributed by atoms with van der Waals surface area (Å²) in [5, 5.41) is 0. The first kappa shape index (κ1) is 20.3. The minimum atomic E-state index is 0.151. The predicted octanol–water partition coefficient (Wildman–Crippen LogP) is 6.86. The molecule has 1 rings (SSSR count). The van der Waals surface area contributed by atoms with Gasteiger partial charge in [-0.25, -0.2) is 4.98 Å². The number of unbranched alkanes of at least 4 members (excludes halogenated alkanes) is 2. The molecule has 0 atom stereocenters. The van der Waals surface area contributed by atoms with Crippen molar-refractivity contribution in [1.82, 2.24) is 9.97 Å². The van der Waals surface area contributed by atoms with Crippen molar-refractivity contribution in [3.63, 3.8) is 0 Å². The Morgan fingerprint density at radius 3 is 2.00 bits per heavy atom. The summed E-state index contributed by atoms with van der Waals surface area (Å²) < 4.78 is 0. The third-order valence-corrected chi connectivity index (χ3v) is 5.70. The smallest absolute Gasteiger partial charge is 0.109 e. The van der Waals surface area contributed by atoms with Gasteiger partial charge >= 0.3 is 0 Å². The normalized spacial score (nSPS) is 13.1. The molecule has 0 saturated carbocycles. The fourth-order valence-corrected chi connectivity index (χ4v) is 3.35. The van der Waals surface area contributed by atoms with E-state index in [1.165, 1.54) is 42.9 Å². The van der Waals surface area contributed by atoms with Crippen LogP contribution in [0.15, 0.2) is 0 Å². The summed E-state index contributed by atoms with van der Waals surface area (Å²) in [7, 11) is 0. The largest absolute Gasteiger partial charge is 0.345 e. The highest BCUT2D eigenvalue weighted by Crippen LogP contribution is 2.38. The fraction of sp³-hybridized carbons (Fsp3) is 0.857. The van der Waals surface area contributed by atoms with Crippen molar-refractivity contribution in [3.8, 4) is 0 Å². The van der Waals surface area contributed by atoms with Crippen LogP contribution in [0.1, 0.15) is 123 Å². The number of aromatic nitrogens is 2. The summed E-state index contributed by atoms with van der Waals surface area (Å²) in [6.45, 7) is 18.6. The number of nitrogens with one attached hydrogen (secondary N) is 1. The van der Waals surface area contributed by atoms with Crippen molar-refractivity contribution in [2.24, 2.45) is 0 Å². The van der Waals surface area contributed by atoms with Gasteiger partial charge in [0, 0.05) is 22.4 Å². The van der Waals surface area contributed by atoms with Crippen LogP contribution < -0.4 is 0 Å². The van der Waals surface area contributed by atoms with Gasteiger partial charge in [-0.15, -0.1) is 0 Å². The highest BCUT2D eigenvalue weighted by Gasteiger charge is 2.34. The van der Waals surface area contributed by atoms with Gasteiger partial charge in [-0.3, -0.25) is 0 Å². The maximum absolute atomic E-state index is 5.16. The molecule has 2 nitrogen and oxygen atoms in total. The van der Waals surface area contributed by atoms with E-state index in [0.717, 1.165) is 19.3 Å². The second-order valence-corrected chi connectivity index (χ2v) is 8.44. The maximum atomic E-state index is 5.16. The molecule has 0 aliphatic carbocycles. The molecule has 0 aliphatic rings. The van der Waals surface area contributed by atoms with Crippen molar-refractivity contribution in [1.29, 1.82) is 0 Å². The molecule has 0 spiro atoms. The monoisotopic (exact) mass is 320 g/mol. The van der Waals surface area contributed by atoms with E-state index in [-0.39, 0.29) is 10.8 Å². The molecule has 0 fully saturated rings. The molecule has 134 valence electrons. The Bertz CT molecular complexity index is 464. The number of aromatic amines is 1. The molecule has 23 heavy (non-hydrogen) atoms. The third-order valence-electron chi connectivity index (χ3n) is 5.70. The molecule has 0 aliphatic heterocycles. The number of imidazole rings is 1. The molecule has 0 amide bonds. The third kappa shape index (κ3) is 4.84. The zero-order valence-electron chi connectivity index (χ0n) is 17.0. The number of rotatable bonds is 10. The van der Waals surface area contributed by atoms with Crippen LogP contribution in [0.25, 0.3) is 0 Å². The van der Waals surface area contributed by atoms with Gasteiger partial charge < -0.3 is 4.98 Å². The van der Waals surface area contributed by atoms with E-state index in [4.69, 9.17) is 4.98 Å². The summed E-state index contributed by atoms with van der Waals surface area (Å²) in [5.41, 5.74) is 3.01. The van der Waals surface area contributed by atoms with Crippen LogP contribution >= 0.6 is 0 Å². The average molecular weight is 321 g/mol. The van der Waals surface area contributed by atoms with E-state index in [0.29, 0.717) is 5.92 Å². The van der Waals surface area contributed by atoms with E-state index in [1.807, 2.05) is 0 Å². The van der Waals surface area contributed by atoms with Crippen LogP contribution in [0.5, 0.6) is 0 Å². The number of nitrogens with zero attached hydrogens (tertiary/aromatic N) is 1. The Kier molecular flexibility index (Phi) is 7.35. The standard InChI is InChI=1S/C21H40N2/c1-9-13-14-15-21(7,8)18-17(20(5,6)12-4)22-19(23-18)16(10-2)11-3/h16H,9-15H2,1-8H3,(H,22,23). The molecular weight excluding hydrogens is 280 g/mol. The Morgan fingerprint density at radius 2 is 1.52 bits per heavy atom. The van der Waals surface area contributed by atoms with Crippen LogP contribution in [0.4, 0.5) is 0 Å². The molecule has 1 aromatic heterocycles. The molecule has 1 N–H and O–H groups in total. The highest BCUT2D eigenvalue weighted by molar-refractivity contribution is 5.30. The first-order chi connectivity index (χ1) is 10.7. The first-order valence-corrected chi connectivity index (χ1v) is 9.84. The lowest BCUT2D eigenvalue weighted by Gasteiger charge is -2.30. The van der Waals surface area contributed by atoms with Crippen molar-refractivity contribution >= 4 is 0 Å². The lowest BCUT2D eigenvalue weighted by Crippen LogP contribution is -2.26. The van der Waals surface area contributed by atoms with Gasteiger partial charge in [0.15, 0.2) is 0 Å². The van der Waals surface area contributed by atoms with Crippen LogP contribution in [0.2, 0.25) is 0 Å². The molecule has 1 heterocycles. The topological polar surface area (TPSA) is 28.7 Å². The van der Waals surface area contributed by atoms with E-state index < -0.39 is 0 Å². The molecule has 0 unspecified atom stereocenters. The quantitative estimate of drug-likeness (QED) is 0.469. The average Bonchev–Trinajstić information content (AvgIpc) is 2.95. The summed E-state index contributed by atoms with van der Waals surface area (Å²) >= 11 is 0. The maximum Gasteiger partial charge on any atom is 0.109 e. The zero-order valence-corrected chi connectivity index (χ0v) is 17.0. The highest BCUT2D eigenvalue weighted by atomic mass is 15.0. The second-order valence-electron chi connectivity index (χ2n) is 8.44. The Morgan fingerprint density at radius 1 is 0.913 bits per heavy atom. The van der Waals surface area contributed by atoms with Crippen molar-refractivity contribution in [3.05, 3.63) is 17.2 Å². The lowest BCUT2D eigenvalue weighted by molar-refractivity contribution is 0.413. The molecule has 0 aromatic carbocycles. The van der Waals surface area contributed by atoms with Gasteiger partial charge in [0.25, 0.3) is 0 Å². The number of hydrogen-bond acceptors (Lipinski definition) is 1. The molecule has 0 bridgehead atoms. The zero-order chi connectivity index (χ0) is 17.7. The minimum absolute atomic E-state index is 0.151. The van der Waals surface area contributed by atoms with Crippen LogP contribution in [-0.2, 0) is 10.8 Å². The van der Waals surface area contributed by atoms with Crippen LogP contribution in [-0.4, -0.2) is 9.97 Å². The summed E-state index contributed by atoms with van der Waals surface area (Å²) in [6.07, 6.45) is 8.57. The molecule has 1 aromatic rings. The summed E-state index contributed by atoms with van der Waals surface area (Å²) in [4.78, 5) is 8.92. The van der Waals surface area contributed by atoms with Gasteiger partial charge in [0.1, 0.15) is 5.82 Å². The van der Waals surface area contributed by atoms with Crippen molar-refractivity contribution in [2.45, 2.75) is 117 Å². The SMILES string of the molecule is CCCCCC(C)(C)c1nc(C(CC)CC)[nH]c1C(C)(C)CC. The van der Waals surface area contributed by atoms with Gasteiger partial charge in [0.2, 0.25) is 0 Å². The van der Waals surface area contributed by atoms with E-state index >= 15 is 0 Å². The Hall–Kier alpha value is -0.790. The van der Waals surface area contributed by atoms with E-state index in [1.54, 1.807) is 0 Å². The van der Waals surface area contributed by atoms with Crippen molar-refractivity contribution < 1.29 is 0 Å². The van der Waals surface area contributed by atoms with E-state index in [2.05, 4.69) is 60.4 Å². The summed E-state index contributed by atoms with van der Waals surface area (Å²) in [5.74, 6) is 1.77. The van der Waals surface area contributed by atoms with Gasteiger partial charge in [-0.05, 0) is 25.7 Å². The molecule has 0 saturated heterocycles. The van der Waals surface area contributed by atoms with Crippen LogP contribution in [0.3, 0.4) is 0 Å². The number of H-pyrrole nitrogens is 1. The van der Waals surface area contributed by atoms with Gasteiger partial charge in [0.05, 0.1) is 5.69 Å². The Labute approximate surface area is 144 Å². The van der Waals surface area contributed by atoms with Crippen LogP contribution in [0, 0.1) is 0 Å². The lowest BCUT2D eigenvalue weighted by atomic mass is 9.76. The molecule has 2 heteroatoms. The first-order valence-electron chi connectivity index (χ1n) is 9.84.